The average molecular weight is 359 g/mol. The second-order valence-corrected chi connectivity index (χ2v) is 6.67. The number of pyridine rings is 1. The van der Waals surface area contributed by atoms with Gasteiger partial charge in [0, 0.05) is 57.1 Å². The third kappa shape index (κ3) is 3.49. The predicted molar refractivity (Wildman–Crippen MR) is 104 cm³/mol. The van der Waals surface area contributed by atoms with Crippen LogP contribution in [0.3, 0.4) is 0 Å². The molecule has 1 saturated heterocycles. The molecule has 3 heterocycles. The number of aromatic nitrogens is 2. The van der Waals surface area contributed by atoms with Gasteiger partial charge in [-0.1, -0.05) is 18.2 Å². The van der Waals surface area contributed by atoms with Crippen molar-refractivity contribution < 1.29 is 4.79 Å². The van der Waals surface area contributed by atoms with E-state index >= 15 is 0 Å². The van der Waals surface area contributed by atoms with Crippen LogP contribution in [0.5, 0.6) is 0 Å². The first-order valence-corrected chi connectivity index (χ1v) is 9.18. The van der Waals surface area contributed by atoms with Crippen molar-refractivity contribution in [1.29, 1.82) is 5.26 Å². The molecule has 1 fully saturated rings. The van der Waals surface area contributed by atoms with Crippen molar-refractivity contribution in [2.24, 2.45) is 0 Å². The normalized spacial score (nSPS) is 14.3. The number of hydrogen-bond donors (Lipinski definition) is 0. The van der Waals surface area contributed by atoms with Crippen LogP contribution in [0.15, 0.2) is 54.9 Å². The van der Waals surface area contributed by atoms with E-state index in [1.54, 1.807) is 18.3 Å². The zero-order valence-electron chi connectivity index (χ0n) is 15.1. The number of benzene rings is 1. The zero-order chi connectivity index (χ0) is 18.6. The Balaban J connectivity index is 1.34. The first kappa shape index (κ1) is 17.1. The molecule has 136 valence electrons. The summed E-state index contributed by atoms with van der Waals surface area (Å²) in [5.74, 6) is 0.889. The van der Waals surface area contributed by atoms with Crippen LogP contribution >= 0.6 is 0 Å². The molecule has 6 heteroatoms. The van der Waals surface area contributed by atoms with E-state index in [1.807, 2.05) is 23.2 Å². The second kappa shape index (κ2) is 7.50. The number of nitriles is 1. The molecule has 3 aromatic rings. The Labute approximate surface area is 158 Å². The van der Waals surface area contributed by atoms with Crippen molar-refractivity contribution in [3.05, 3.63) is 60.4 Å². The Morgan fingerprint density at radius 3 is 2.70 bits per heavy atom. The molecule has 27 heavy (non-hydrogen) atoms. The lowest BCUT2D eigenvalue weighted by Gasteiger charge is -2.35. The van der Waals surface area contributed by atoms with Crippen molar-refractivity contribution in [3.8, 4) is 6.07 Å². The number of carbonyl (C=O) groups excluding carboxylic acids is 1. The van der Waals surface area contributed by atoms with Crippen LogP contribution in [0.2, 0.25) is 0 Å². The molecule has 1 amide bonds. The quantitative estimate of drug-likeness (QED) is 0.718. The molecule has 2 aromatic heterocycles. The maximum absolute atomic E-state index is 12.6. The van der Waals surface area contributed by atoms with Gasteiger partial charge in [0.15, 0.2) is 0 Å². The SMILES string of the molecule is N#Cc1cccnc1N1CCN(C(=O)CCn2ccc3ccccc32)CC1. The topological polar surface area (TPSA) is 65.2 Å². The summed E-state index contributed by atoms with van der Waals surface area (Å²) in [6, 6.07) is 16.0. The smallest absolute Gasteiger partial charge is 0.224 e. The van der Waals surface area contributed by atoms with Crippen LogP contribution in [-0.4, -0.2) is 46.5 Å². The fourth-order valence-corrected chi connectivity index (χ4v) is 3.61. The largest absolute Gasteiger partial charge is 0.352 e. The number of piperazine rings is 1. The minimum Gasteiger partial charge on any atom is -0.352 e. The van der Waals surface area contributed by atoms with Crippen LogP contribution in [0, 0.1) is 11.3 Å². The molecule has 0 aliphatic carbocycles. The molecular formula is C21H21N5O. The number of aryl methyl sites for hydroxylation is 1. The van der Waals surface area contributed by atoms with Crippen molar-refractivity contribution in [3.63, 3.8) is 0 Å². The molecule has 4 rings (SSSR count). The monoisotopic (exact) mass is 359 g/mol. The molecule has 1 aliphatic heterocycles. The summed E-state index contributed by atoms with van der Waals surface area (Å²) in [6.07, 6.45) is 4.24. The van der Waals surface area contributed by atoms with Crippen LogP contribution in [0.1, 0.15) is 12.0 Å². The summed E-state index contributed by atoms with van der Waals surface area (Å²) < 4.78 is 2.14. The van der Waals surface area contributed by atoms with Gasteiger partial charge < -0.3 is 14.4 Å². The molecule has 0 saturated carbocycles. The van der Waals surface area contributed by atoms with E-state index in [0.29, 0.717) is 50.5 Å². The fourth-order valence-electron chi connectivity index (χ4n) is 3.61. The number of rotatable bonds is 4. The minimum absolute atomic E-state index is 0.175. The Morgan fingerprint density at radius 2 is 1.89 bits per heavy atom. The highest BCUT2D eigenvalue weighted by atomic mass is 16.2. The van der Waals surface area contributed by atoms with E-state index in [9.17, 15) is 10.1 Å². The van der Waals surface area contributed by atoms with Gasteiger partial charge >= 0.3 is 0 Å². The third-order valence-electron chi connectivity index (χ3n) is 5.09. The Hall–Kier alpha value is -3.33. The van der Waals surface area contributed by atoms with Crippen molar-refractivity contribution in [2.45, 2.75) is 13.0 Å². The molecule has 1 aromatic carbocycles. The molecule has 0 bridgehead atoms. The maximum Gasteiger partial charge on any atom is 0.224 e. The van der Waals surface area contributed by atoms with Gasteiger partial charge in [0.2, 0.25) is 5.91 Å². The molecule has 0 spiro atoms. The Kier molecular flexibility index (Phi) is 4.75. The average Bonchev–Trinajstić information content (AvgIpc) is 3.15. The summed E-state index contributed by atoms with van der Waals surface area (Å²) in [5, 5.41) is 10.4. The number of carbonyl (C=O) groups is 1. The second-order valence-electron chi connectivity index (χ2n) is 6.67. The Morgan fingerprint density at radius 1 is 1.07 bits per heavy atom. The van der Waals surface area contributed by atoms with Gasteiger partial charge in [0.05, 0.1) is 5.56 Å². The van der Waals surface area contributed by atoms with Crippen LogP contribution < -0.4 is 4.90 Å². The van der Waals surface area contributed by atoms with Gasteiger partial charge in [-0.15, -0.1) is 0 Å². The summed E-state index contributed by atoms with van der Waals surface area (Å²) in [6.45, 7) is 3.40. The summed E-state index contributed by atoms with van der Waals surface area (Å²) in [7, 11) is 0. The van der Waals surface area contributed by atoms with Crippen LogP contribution in [0.4, 0.5) is 5.82 Å². The lowest BCUT2D eigenvalue weighted by molar-refractivity contribution is -0.131. The van der Waals surface area contributed by atoms with E-state index in [0.717, 1.165) is 5.52 Å². The molecule has 0 radical (unpaired) electrons. The summed E-state index contributed by atoms with van der Waals surface area (Å²) in [5.41, 5.74) is 1.74. The lowest BCUT2D eigenvalue weighted by atomic mass is 10.2. The van der Waals surface area contributed by atoms with Gasteiger partial charge in [0.1, 0.15) is 11.9 Å². The van der Waals surface area contributed by atoms with Crippen LogP contribution in [0.25, 0.3) is 10.9 Å². The van der Waals surface area contributed by atoms with E-state index in [4.69, 9.17) is 0 Å². The van der Waals surface area contributed by atoms with Crippen LogP contribution in [-0.2, 0) is 11.3 Å². The van der Waals surface area contributed by atoms with Crippen molar-refractivity contribution >= 4 is 22.6 Å². The highest BCUT2D eigenvalue weighted by Gasteiger charge is 2.23. The van der Waals surface area contributed by atoms with E-state index in [1.165, 1.54) is 5.39 Å². The highest BCUT2D eigenvalue weighted by molar-refractivity contribution is 5.80. The Bertz CT molecular complexity index is 995. The van der Waals surface area contributed by atoms with Gasteiger partial charge in [-0.05, 0) is 29.7 Å². The first-order valence-electron chi connectivity index (χ1n) is 9.18. The molecule has 6 nitrogen and oxygen atoms in total. The third-order valence-corrected chi connectivity index (χ3v) is 5.09. The predicted octanol–water partition coefficient (Wildman–Crippen LogP) is 2.65. The van der Waals surface area contributed by atoms with Gasteiger partial charge in [-0.25, -0.2) is 4.98 Å². The molecule has 0 atom stereocenters. The number of nitrogens with zero attached hydrogens (tertiary/aromatic N) is 5. The molecular weight excluding hydrogens is 338 g/mol. The molecule has 0 N–H and O–H groups in total. The number of anilines is 1. The summed E-state index contributed by atoms with van der Waals surface area (Å²) in [4.78, 5) is 21.0. The fraction of sp³-hybridized carbons (Fsp3) is 0.286. The number of amides is 1. The molecule has 0 unspecified atom stereocenters. The number of fused-ring (bicyclic) bond motifs is 1. The van der Waals surface area contributed by atoms with E-state index in [2.05, 4.69) is 38.7 Å². The van der Waals surface area contributed by atoms with Gasteiger partial charge in [-0.3, -0.25) is 4.79 Å². The van der Waals surface area contributed by atoms with E-state index in [-0.39, 0.29) is 5.91 Å². The lowest BCUT2D eigenvalue weighted by Crippen LogP contribution is -2.49. The van der Waals surface area contributed by atoms with Gasteiger partial charge in [-0.2, -0.15) is 5.26 Å². The first-order chi connectivity index (χ1) is 13.3. The highest BCUT2D eigenvalue weighted by Crippen LogP contribution is 2.19. The maximum atomic E-state index is 12.6. The van der Waals surface area contributed by atoms with E-state index < -0.39 is 0 Å². The van der Waals surface area contributed by atoms with Crippen molar-refractivity contribution in [1.82, 2.24) is 14.5 Å². The standard InChI is InChI=1S/C21H21N5O/c22-16-18-5-3-9-23-21(18)26-14-12-25(13-15-26)20(27)8-11-24-10-7-17-4-1-2-6-19(17)24/h1-7,9-10H,8,11-15H2. The minimum atomic E-state index is 0.175. The molecule has 1 aliphatic rings. The van der Waals surface area contributed by atoms with Gasteiger partial charge in [0.25, 0.3) is 0 Å². The zero-order valence-corrected chi connectivity index (χ0v) is 15.1. The number of para-hydroxylation sites is 1. The van der Waals surface area contributed by atoms with Crippen molar-refractivity contribution in [2.75, 3.05) is 31.1 Å². The summed E-state index contributed by atoms with van der Waals surface area (Å²) >= 11 is 0. The number of hydrogen-bond acceptors (Lipinski definition) is 4.